The fraction of sp³-hybridized carbons (Fsp3) is 0.333. The molecule has 4 rings (SSSR count). The fourth-order valence-corrected chi connectivity index (χ4v) is 3.82. The number of fused-ring (bicyclic) bond motifs is 1. The smallest absolute Gasteiger partial charge is 0.197 e. The molecule has 0 atom stereocenters. The number of hydrogen-bond acceptors (Lipinski definition) is 6. The van der Waals surface area contributed by atoms with Crippen LogP contribution in [0.1, 0.15) is 24.6 Å². The van der Waals surface area contributed by atoms with E-state index in [1.54, 1.807) is 29.4 Å². The molecular weight excluding hydrogens is 278 g/mol. The molecule has 0 aliphatic heterocycles. The second kappa shape index (κ2) is 4.28. The molecule has 96 valence electrons. The number of aromatic nitrogens is 5. The van der Waals surface area contributed by atoms with E-state index in [-0.39, 0.29) is 0 Å². The molecule has 7 heteroatoms. The molecule has 0 N–H and O–H groups in total. The third-order valence-electron chi connectivity index (χ3n) is 3.21. The number of hydrogen-bond donors (Lipinski definition) is 0. The molecule has 3 aromatic rings. The minimum atomic E-state index is 0.610. The van der Waals surface area contributed by atoms with E-state index < -0.39 is 0 Å². The summed E-state index contributed by atoms with van der Waals surface area (Å²) in [5.41, 5.74) is 0.993. The Morgan fingerprint density at radius 1 is 1.32 bits per heavy atom. The molecule has 3 aromatic heterocycles. The van der Waals surface area contributed by atoms with E-state index in [0.717, 1.165) is 26.2 Å². The molecule has 5 nitrogen and oxygen atoms in total. The van der Waals surface area contributed by atoms with Crippen LogP contribution in [0.3, 0.4) is 0 Å². The predicted molar refractivity (Wildman–Crippen MR) is 74.5 cm³/mol. The van der Waals surface area contributed by atoms with Crippen molar-refractivity contribution in [3.63, 3.8) is 0 Å². The fourth-order valence-electron chi connectivity index (χ4n) is 2.04. The van der Waals surface area contributed by atoms with Crippen LogP contribution in [0, 0.1) is 0 Å². The minimum absolute atomic E-state index is 0.610. The van der Waals surface area contributed by atoms with E-state index in [1.165, 1.54) is 12.8 Å². The van der Waals surface area contributed by atoms with E-state index in [9.17, 15) is 0 Å². The van der Waals surface area contributed by atoms with Gasteiger partial charge in [-0.2, -0.15) is 0 Å². The summed E-state index contributed by atoms with van der Waals surface area (Å²) in [6.45, 7) is 0. The summed E-state index contributed by atoms with van der Waals surface area (Å²) >= 11 is 3.22. The molecule has 1 saturated carbocycles. The van der Waals surface area contributed by atoms with E-state index in [2.05, 4.69) is 24.7 Å². The third-order valence-corrected chi connectivity index (χ3v) is 5.29. The molecule has 1 fully saturated rings. The lowest BCUT2D eigenvalue weighted by molar-refractivity contribution is 0.736. The summed E-state index contributed by atoms with van der Waals surface area (Å²) < 4.78 is 3.20. The van der Waals surface area contributed by atoms with Crippen molar-refractivity contribution in [2.75, 3.05) is 0 Å². The van der Waals surface area contributed by atoms with E-state index >= 15 is 0 Å². The first-order valence-corrected chi connectivity index (χ1v) is 7.78. The maximum atomic E-state index is 4.37. The zero-order chi connectivity index (χ0) is 12.8. The first-order valence-electron chi connectivity index (χ1n) is 6.08. The van der Waals surface area contributed by atoms with Crippen molar-refractivity contribution in [3.05, 3.63) is 23.6 Å². The quantitative estimate of drug-likeness (QED) is 0.694. The molecule has 3 heterocycles. The zero-order valence-electron chi connectivity index (χ0n) is 10.3. The van der Waals surface area contributed by atoms with Gasteiger partial charge in [-0.3, -0.25) is 0 Å². The Hall–Kier alpha value is -1.47. The highest BCUT2D eigenvalue weighted by Gasteiger charge is 2.29. The highest BCUT2D eigenvalue weighted by atomic mass is 32.2. The molecule has 1 aliphatic carbocycles. The summed E-state index contributed by atoms with van der Waals surface area (Å²) in [6.07, 6.45) is 4.08. The predicted octanol–water partition coefficient (Wildman–Crippen LogP) is 2.85. The van der Waals surface area contributed by atoms with Gasteiger partial charge in [0.1, 0.15) is 17.2 Å². The third kappa shape index (κ3) is 1.93. The maximum absolute atomic E-state index is 4.37. The van der Waals surface area contributed by atoms with Gasteiger partial charge in [-0.15, -0.1) is 21.5 Å². The Balaban J connectivity index is 1.72. The van der Waals surface area contributed by atoms with Gasteiger partial charge in [0.2, 0.25) is 0 Å². The average Bonchev–Trinajstić information content (AvgIpc) is 3.02. The minimum Gasteiger partial charge on any atom is -0.309 e. The monoisotopic (exact) mass is 289 g/mol. The van der Waals surface area contributed by atoms with Crippen LogP contribution >= 0.6 is 23.1 Å². The van der Waals surface area contributed by atoms with Gasteiger partial charge in [-0.1, -0.05) is 0 Å². The highest BCUT2D eigenvalue weighted by molar-refractivity contribution is 7.99. The lowest BCUT2D eigenvalue weighted by Gasteiger charge is -2.02. The van der Waals surface area contributed by atoms with Crippen molar-refractivity contribution in [1.29, 1.82) is 0 Å². The molecule has 0 radical (unpaired) electrons. The van der Waals surface area contributed by atoms with Crippen molar-refractivity contribution in [1.82, 2.24) is 24.7 Å². The van der Waals surface area contributed by atoms with Crippen LogP contribution in [-0.4, -0.2) is 24.7 Å². The van der Waals surface area contributed by atoms with Crippen LogP contribution in [0.5, 0.6) is 0 Å². The molecule has 0 amide bonds. The first-order chi connectivity index (χ1) is 9.33. The summed E-state index contributed by atoms with van der Waals surface area (Å²) in [5.74, 6) is 1.71. The molecule has 0 spiro atoms. The number of thiophene rings is 1. The van der Waals surface area contributed by atoms with Crippen LogP contribution in [0.4, 0.5) is 0 Å². The molecule has 0 unspecified atom stereocenters. The number of rotatable bonds is 3. The van der Waals surface area contributed by atoms with Crippen LogP contribution < -0.4 is 0 Å². The molecule has 0 bridgehead atoms. The van der Waals surface area contributed by atoms with Crippen molar-refractivity contribution in [2.24, 2.45) is 7.05 Å². The van der Waals surface area contributed by atoms with Gasteiger partial charge < -0.3 is 4.57 Å². The summed E-state index contributed by atoms with van der Waals surface area (Å²) in [6, 6.07) is 2.01. The average molecular weight is 289 g/mol. The van der Waals surface area contributed by atoms with Gasteiger partial charge in [0.25, 0.3) is 0 Å². The Kier molecular flexibility index (Phi) is 2.56. The lowest BCUT2D eigenvalue weighted by Crippen LogP contribution is -1.97. The van der Waals surface area contributed by atoms with Gasteiger partial charge >= 0.3 is 0 Å². The van der Waals surface area contributed by atoms with Gasteiger partial charge in [0.05, 0.1) is 10.2 Å². The second-order valence-electron chi connectivity index (χ2n) is 4.59. The topological polar surface area (TPSA) is 56.5 Å². The second-order valence-corrected chi connectivity index (χ2v) is 6.46. The van der Waals surface area contributed by atoms with Gasteiger partial charge in [0.15, 0.2) is 5.16 Å². The van der Waals surface area contributed by atoms with E-state index in [0.29, 0.717) is 5.92 Å². The SMILES string of the molecule is Cn1c(Sc2ncnc3ccsc23)nnc1C1CC1. The first kappa shape index (κ1) is 11.4. The Labute approximate surface area is 118 Å². The number of nitrogens with zero attached hydrogens (tertiary/aromatic N) is 5. The van der Waals surface area contributed by atoms with Crippen molar-refractivity contribution >= 4 is 33.3 Å². The Bertz CT molecular complexity index is 744. The lowest BCUT2D eigenvalue weighted by atomic mass is 10.4. The van der Waals surface area contributed by atoms with Crippen molar-refractivity contribution < 1.29 is 0 Å². The Morgan fingerprint density at radius 3 is 3.05 bits per heavy atom. The molecule has 19 heavy (non-hydrogen) atoms. The summed E-state index contributed by atoms with van der Waals surface area (Å²) in [7, 11) is 2.03. The van der Waals surface area contributed by atoms with Crippen LogP contribution in [0.25, 0.3) is 10.2 Å². The van der Waals surface area contributed by atoms with Gasteiger partial charge in [-0.05, 0) is 36.0 Å². The maximum Gasteiger partial charge on any atom is 0.197 e. The standard InChI is InChI=1S/C12H11N5S2/c1-17-10(7-2-3-7)15-16-12(17)19-11-9-8(4-5-18-9)13-6-14-11/h4-7H,2-3H2,1H3. The van der Waals surface area contributed by atoms with Crippen LogP contribution in [0.2, 0.25) is 0 Å². The highest BCUT2D eigenvalue weighted by Crippen LogP contribution is 2.40. The van der Waals surface area contributed by atoms with Crippen LogP contribution in [-0.2, 0) is 7.05 Å². The Morgan fingerprint density at radius 2 is 2.21 bits per heavy atom. The molecule has 1 aliphatic rings. The zero-order valence-corrected chi connectivity index (χ0v) is 11.9. The van der Waals surface area contributed by atoms with Crippen molar-refractivity contribution in [3.8, 4) is 0 Å². The van der Waals surface area contributed by atoms with Gasteiger partial charge in [-0.25, -0.2) is 9.97 Å². The molecule has 0 saturated heterocycles. The largest absolute Gasteiger partial charge is 0.309 e. The molecular formula is C12H11N5S2. The molecule has 0 aromatic carbocycles. The van der Waals surface area contributed by atoms with E-state index in [1.807, 2.05) is 18.5 Å². The normalized spacial score (nSPS) is 15.2. The summed E-state index contributed by atoms with van der Waals surface area (Å²) in [5, 5.41) is 12.5. The van der Waals surface area contributed by atoms with Gasteiger partial charge in [0, 0.05) is 13.0 Å². The van der Waals surface area contributed by atoms with Crippen LogP contribution in [0.15, 0.2) is 28.0 Å². The summed E-state index contributed by atoms with van der Waals surface area (Å²) in [4.78, 5) is 8.62. The van der Waals surface area contributed by atoms with Crippen molar-refractivity contribution in [2.45, 2.75) is 28.9 Å². The van der Waals surface area contributed by atoms with E-state index in [4.69, 9.17) is 0 Å².